The van der Waals surface area contributed by atoms with Gasteiger partial charge in [-0.25, -0.2) is 14.7 Å². The number of fused-ring (bicyclic) bond motifs is 1. The summed E-state index contributed by atoms with van der Waals surface area (Å²) >= 11 is 0. The summed E-state index contributed by atoms with van der Waals surface area (Å²) < 4.78 is 13.5. The van der Waals surface area contributed by atoms with Crippen LogP contribution in [-0.4, -0.2) is 28.8 Å². The average molecular weight is 443 g/mol. The molecule has 2 heterocycles. The van der Waals surface area contributed by atoms with E-state index in [0.29, 0.717) is 16.8 Å². The Labute approximate surface area is 190 Å². The van der Waals surface area contributed by atoms with Gasteiger partial charge in [0.15, 0.2) is 0 Å². The number of hydrogen-bond acceptors (Lipinski definition) is 4. The second-order valence-corrected chi connectivity index (χ2v) is 8.52. The van der Waals surface area contributed by atoms with E-state index >= 15 is 0 Å². The number of imide groups is 1. The molecule has 1 N–H and O–H groups in total. The predicted molar refractivity (Wildman–Crippen MR) is 121 cm³/mol. The minimum Gasteiger partial charge on any atom is -0.274 e. The van der Waals surface area contributed by atoms with E-state index in [-0.39, 0.29) is 0 Å². The molecule has 0 aliphatic carbocycles. The van der Waals surface area contributed by atoms with Crippen LogP contribution in [0.3, 0.4) is 0 Å². The third-order valence-electron chi connectivity index (χ3n) is 6.27. The van der Waals surface area contributed by atoms with Gasteiger partial charge in [-0.2, -0.15) is 0 Å². The lowest BCUT2D eigenvalue weighted by molar-refractivity contribution is -0.123. The number of nitrogens with zero attached hydrogens (tertiary/aromatic N) is 2. The minimum atomic E-state index is -1.01. The van der Waals surface area contributed by atoms with E-state index in [4.69, 9.17) is 0 Å². The number of carbonyl (C=O) groups is 3. The zero-order chi connectivity index (χ0) is 23.3. The van der Waals surface area contributed by atoms with Gasteiger partial charge in [-0.15, -0.1) is 0 Å². The molecular weight excluding hydrogens is 421 g/mol. The van der Waals surface area contributed by atoms with Crippen molar-refractivity contribution in [2.75, 3.05) is 4.90 Å². The molecule has 0 saturated carbocycles. The van der Waals surface area contributed by atoms with Gasteiger partial charge in [-0.05, 0) is 55.8 Å². The lowest BCUT2D eigenvalue weighted by atomic mass is 9.91. The van der Waals surface area contributed by atoms with Crippen LogP contribution in [0.5, 0.6) is 0 Å². The van der Waals surface area contributed by atoms with Gasteiger partial charge in [-0.3, -0.25) is 19.4 Å². The van der Waals surface area contributed by atoms with Crippen molar-refractivity contribution in [1.82, 2.24) is 10.4 Å². The van der Waals surface area contributed by atoms with Crippen molar-refractivity contribution in [1.29, 1.82) is 0 Å². The number of halogens is 1. The van der Waals surface area contributed by atoms with Crippen LogP contribution in [-0.2, 0) is 9.59 Å². The van der Waals surface area contributed by atoms with Crippen LogP contribution in [0, 0.1) is 25.6 Å². The molecule has 166 valence electrons. The second kappa shape index (κ2) is 7.94. The van der Waals surface area contributed by atoms with Crippen LogP contribution in [0.25, 0.3) is 0 Å². The highest BCUT2D eigenvalue weighted by Crippen LogP contribution is 2.42. The zero-order valence-electron chi connectivity index (χ0n) is 18.2. The molecule has 3 amide bonds. The van der Waals surface area contributed by atoms with Crippen molar-refractivity contribution in [3.8, 4) is 0 Å². The summed E-state index contributed by atoms with van der Waals surface area (Å²) in [6.45, 7) is 3.84. The van der Waals surface area contributed by atoms with Crippen LogP contribution in [0.1, 0.15) is 33.1 Å². The summed E-state index contributed by atoms with van der Waals surface area (Å²) in [5, 5.41) is 1.26. The average Bonchev–Trinajstić information content (AvgIpc) is 3.32. The quantitative estimate of drug-likeness (QED) is 0.627. The highest BCUT2D eigenvalue weighted by Gasteiger charge is 2.60. The molecule has 0 bridgehead atoms. The first kappa shape index (κ1) is 21.0. The molecule has 3 aromatic rings. The molecule has 2 fully saturated rings. The van der Waals surface area contributed by atoms with Crippen molar-refractivity contribution in [3.05, 3.63) is 101 Å². The highest BCUT2D eigenvalue weighted by atomic mass is 19.1. The molecule has 0 spiro atoms. The van der Waals surface area contributed by atoms with E-state index in [9.17, 15) is 18.8 Å². The largest absolute Gasteiger partial charge is 0.274 e. The number of hydrogen-bond donors (Lipinski definition) is 1. The van der Waals surface area contributed by atoms with Crippen molar-refractivity contribution < 1.29 is 18.8 Å². The Morgan fingerprint density at radius 2 is 1.39 bits per heavy atom. The summed E-state index contributed by atoms with van der Waals surface area (Å²) in [6, 6.07) is 18.2. The first-order valence-corrected chi connectivity index (χ1v) is 10.7. The smallest absolute Gasteiger partial charge is 0.268 e. The number of rotatable bonds is 3. The summed E-state index contributed by atoms with van der Waals surface area (Å²) in [4.78, 5) is 41.6. The van der Waals surface area contributed by atoms with Crippen LogP contribution in [0.4, 0.5) is 10.1 Å². The first-order chi connectivity index (χ1) is 15.8. The Morgan fingerprint density at radius 1 is 0.818 bits per heavy atom. The van der Waals surface area contributed by atoms with E-state index in [1.807, 2.05) is 38.1 Å². The topological polar surface area (TPSA) is 69.7 Å². The van der Waals surface area contributed by atoms with Gasteiger partial charge in [0.1, 0.15) is 11.9 Å². The fourth-order valence-corrected chi connectivity index (χ4v) is 4.51. The Bertz CT molecular complexity index is 1240. The van der Waals surface area contributed by atoms with E-state index in [1.54, 1.807) is 36.4 Å². The molecule has 3 atom stereocenters. The number of amides is 3. The van der Waals surface area contributed by atoms with Gasteiger partial charge in [0, 0.05) is 5.56 Å². The Hall–Kier alpha value is -3.84. The number of aryl methyl sites for hydroxylation is 2. The molecule has 6 nitrogen and oxygen atoms in total. The van der Waals surface area contributed by atoms with Crippen LogP contribution in [0.2, 0.25) is 0 Å². The molecule has 3 aromatic carbocycles. The molecular formula is C26H22FN3O3. The van der Waals surface area contributed by atoms with Gasteiger partial charge in [-0.1, -0.05) is 47.5 Å². The van der Waals surface area contributed by atoms with Crippen molar-refractivity contribution in [2.24, 2.45) is 5.92 Å². The maximum absolute atomic E-state index is 13.5. The monoisotopic (exact) mass is 443 g/mol. The molecule has 0 aromatic heterocycles. The van der Waals surface area contributed by atoms with E-state index in [0.717, 1.165) is 16.0 Å². The van der Waals surface area contributed by atoms with E-state index in [2.05, 4.69) is 5.43 Å². The fraction of sp³-hybridized carbons (Fsp3) is 0.192. The summed E-state index contributed by atoms with van der Waals surface area (Å²) in [7, 11) is 0. The molecule has 2 aliphatic rings. The standard InChI is InChI=1S/C26H22FN3O3/c1-15-3-7-18(8-4-15)24(31)30-23-21(22(28-30)17-9-11-19(27)12-10-17)25(32)29(26(23)33)20-13-5-16(2)6-14-20/h3-14,21-23,28H,1-2H3/t21-,22-,23-/m1/s1. The number of nitrogens with one attached hydrogen (secondary N) is 1. The molecule has 0 unspecified atom stereocenters. The van der Waals surface area contributed by atoms with E-state index in [1.165, 1.54) is 17.1 Å². The minimum absolute atomic E-state index is 0.394. The lowest BCUT2D eigenvalue weighted by Crippen LogP contribution is -2.48. The van der Waals surface area contributed by atoms with Crippen LogP contribution < -0.4 is 10.3 Å². The second-order valence-electron chi connectivity index (χ2n) is 8.52. The van der Waals surface area contributed by atoms with Gasteiger partial charge in [0.2, 0.25) is 5.91 Å². The van der Waals surface area contributed by atoms with Crippen molar-refractivity contribution >= 4 is 23.4 Å². The lowest BCUT2D eigenvalue weighted by Gasteiger charge is -2.25. The normalized spacial score (nSPS) is 22.1. The van der Waals surface area contributed by atoms with Crippen molar-refractivity contribution in [3.63, 3.8) is 0 Å². The molecule has 5 rings (SSSR count). The number of benzene rings is 3. The Balaban J connectivity index is 1.57. The first-order valence-electron chi connectivity index (χ1n) is 10.7. The van der Waals surface area contributed by atoms with Crippen LogP contribution >= 0.6 is 0 Å². The third kappa shape index (κ3) is 3.50. The van der Waals surface area contributed by atoms with Gasteiger partial charge in [0.25, 0.3) is 11.8 Å². The molecule has 7 heteroatoms. The molecule has 0 radical (unpaired) electrons. The summed E-state index contributed by atoms with van der Waals surface area (Å²) in [6.07, 6.45) is 0. The zero-order valence-corrected chi connectivity index (χ0v) is 18.2. The SMILES string of the molecule is Cc1ccc(C(=O)N2N[C@H](c3ccc(F)cc3)[C@H]3C(=O)N(c4ccc(C)cc4)C(=O)[C@@H]32)cc1. The molecule has 33 heavy (non-hydrogen) atoms. The predicted octanol–water partition coefficient (Wildman–Crippen LogP) is 3.70. The Kier molecular flexibility index (Phi) is 5.06. The fourth-order valence-electron chi connectivity index (χ4n) is 4.51. The maximum atomic E-state index is 13.5. The van der Waals surface area contributed by atoms with Gasteiger partial charge >= 0.3 is 0 Å². The number of carbonyl (C=O) groups excluding carboxylic acids is 3. The third-order valence-corrected chi connectivity index (χ3v) is 6.27. The summed E-state index contributed by atoms with van der Waals surface area (Å²) in [5.74, 6) is -2.50. The number of hydrazine groups is 1. The van der Waals surface area contributed by atoms with Crippen molar-refractivity contribution in [2.45, 2.75) is 25.9 Å². The summed E-state index contributed by atoms with van der Waals surface area (Å²) in [5.41, 5.74) is 6.57. The van der Waals surface area contributed by atoms with E-state index < -0.39 is 41.5 Å². The molecule has 2 saturated heterocycles. The number of anilines is 1. The molecule has 2 aliphatic heterocycles. The van der Waals surface area contributed by atoms with Gasteiger partial charge < -0.3 is 0 Å². The van der Waals surface area contributed by atoms with Gasteiger partial charge in [0.05, 0.1) is 17.6 Å². The van der Waals surface area contributed by atoms with Crippen LogP contribution in [0.15, 0.2) is 72.8 Å². The Morgan fingerprint density at radius 3 is 2.00 bits per heavy atom. The highest BCUT2D eigenvalue weighted by molar-refractivity contribution is 6.25. The maximum Gasteiger partial charge on any atom is 0.268 e.